The fraction of sp³-hybridized carbons (Fsp3) is 0.500. The summed E-state index contributed by atoms with van der Waals surface area (Å²) in [6.45, 7) is 2.09. The molecule has 0 aliphatic carbocycles. The maximum atomic E-state index is 11.5. The summed E-state index contributed by atoms with van der Waals surface area (Å²) in [7, 11) is 5.94. The Bertz CT molecular complexity index is 652. The molecule has 2 aromatic rings. The average molecular weight is 261 g/mol. The number of hydrogen-bond acceptors (Lipinski definition) is 4. The van der Waals surface area contributed by atoms with E-state index in [1.165, 1.54) is 5.56 Å². The van der Waals surface area contributed by atoms with Crippen LogP contribution < -0.4 is 11.1 Å². The summed E-state index contributed by atoms with van der Waals surface area (Å²) in [5, 5.41) is 3.32. The summed E-state index contributed by atoms with van der Waals surface area (Å²) in [5.74, 6) is 0.315. The van der Waals surface area contributed by atoms with E-state index in [-0.39, 0.29) is 5.76 Å². The third-order valence-electron chi connectivity index (χ3n) is 3.97. The van der Waals surface area contributed by atoms with Crippen molar-refractivity contribution in [1.82, 2.24) is 14.8 Å². The maximum Gasteiger partial charge on any atom is 0.419 e. The molecule has 1 fully saturated rings. The summed E-state index contributed by atoms with van der Waals surface area (Å²) >= 11 is 0. The normalized spacial score (nSPS) is 17.9. The Balaban J connectivity index is 2.07. The first-order valence-electron chi connectivity index (χ1n) is 6.54. The van der Waals surface area contributed by atoms with E-state index in [1.807, 2.05) is 6.07 Å². The van der Waals surface area contributed by atoms with E-state index >= 15 is 0 Å². The molecule has 0 amide bonds. The zero-order chi connectivity index (χ0) is 13.6. The van der Waals surface area contributed by atoms with E-state index in [1.54, 1.807) is 11.6 Å². The lowest BCUT2D eigenvalue weighted by Gasteiger charge is -2.38. The van der Waals surface area contributed by atoms with Gasteiger partial charge < -0.3 is 14.6 Å². The highest BCUT2D eigenvalue weighted by Crippen LogP contribution is 2.31. The van der Waals surface area contributed by atoms with Gasteiger partial charge in [-0.3, -0.25) is 4.57 Å². The minimum atomic E-state index is -0.307. The van der Waals surface area contributed by atoms with Gasteiger partial charge in [-0.25, -0.2) is 4.79 Å². The number of rotatable bonds is 3. The highest BCUT2D eigenvalue weighted by Gasteiger charge is 2.30. The second-order valence-electron chi connectivity index (χ2n) is 5.48. The van der Waals surface area contributed by atoms with Crippen molar-refractivity contribution in [3.8, 4) is 0 Å². The molecular weight excluding hydrogens is 242 g/mol. The molecule has 1 aromatic heterocycles. The molecule has 5 heteroatoms. The summed E-state index contributed by atoms with van der Waals surface area (Å²) in [4.78, 5) is 13.8. The van der Waals surface area contributed by atoms with Crippen molar-refractivity contribution in [2.24, 2.45) is 13.0 Å². The van der Waals surface area contributed by atoms with Gasteiger partial charge in [0.15, 0.2) is 5.58 Å². The van der Waals surface area contributed by atoms with Gasteiger partial charge in [0.05, 0.1) is 5.52 Å². The highest BCUT2D eigenvalue weighted by molar-refractivity contribution is 5.73. The predicted octanol–water partition coefficient (Wildman–Crippen LogP) is 0.954. The second-order valence-corrected chi connectivity index (χ2v) is 5.48. The number of aromatic nitrogens is 1. The molecule has 1 unspecified atom stereocenters. The molecule has 1 saturated heterocycles. The maximum absolute atomic E-state index is 11.5. The summed E-state index contributed by atoms with van der Waals surface area (Å²) < 4.78 is 6.74. The molecule has 0 radical (unpaired) electrons. The number of nitrogens with one attached hydrogen (secondary N) is 1. The van der Waals surface area contributed by atoms with E-state index in [2.05, 4.69) is 36.4 Å². The minimum Gasteiger partial charge on any atom is -0.408 e. The van der Waals surface area contributed by atoms with Crippen molar-refractivity contribution >= 4 is 11.1 Å². The van der Waals surface area contributed by atoms with Crippen LogP contribution in [0.4, 0.5) is 0 Å². The molecule has 0 saturated carbocycles. The minimum absolute atomic E-state index is 0.307. The highest BCUT2D eigenvalue weighted by atomic mass is 16.4. The van der Waals surface area contributed by atoms with Gasteiger partial charge in [-0.15, -0.1) is 0 Å². The molecule has 1 aliphatic heterocycles. The third-order valence-corrected chi connectivity index (χ3v) is 3.97. The number of benzene rings is 1. The molecule has 2 heterocycles. The van der Waals surface area contributed by atoms with Crippen LogP contribution in [-0.2, 0) is 7.05 Å². The van der Waals surface area contributed by atoms with Crippen molar-refractivity contribution in [3.05, 3.63) is 34.3 Å². The van der Waals surface area contributed by atoms with Crippen LogP contribution in [0.25, 0.3) is 11.1 Å². The third kappa shape index (κ3) is 1.99. The quantitative estimate of drug-likeness (QED) is 0.894. The van der Waals surface area contributed by atoms with E-state index in [4.69, 9.17) is 4.42 Å². The van der Waals surface area contributed by atoms with Crippen molar-refractivity contribution in [3.63, 3.8) is 0 Å². The van der Waals surface area contributed by atoms with Crippen LogP contribution in [0.15, 0.2) is 27.4 Å². The lowest BCUT2D eigenvalue weighted by Crippen LogP contribution is -2.48. The lowest BCUT2D eigenvalue weighted by atomic mass is 9.87. The molecule has 1 atom stereocenters. The Hall–Kier alpha value is -1.59. The lowest BCUT2D eigenvalue weighted by molar-refractivity contribution is 0.161. The standard InChI is InChI=1S/C14H19N3O2/c1-16(2)13(10-7-15-8-10)9-4-5-12-11(6-9)17(3)14(18)19-12/h4-6,10,13,15H,7-8H2,1-3H3. The van der Waals surface area contributed by atoms with Crippen LogP contribution in [0.2, 0.25) is 0 Å². The Morgan fingerprint density at radius 1 is 1.42 bits per heavy atom. The molecular formula is C14H19N3O2. The van der Waals surface area contributed by atoms with Gasteiger partial charge >= 0.3 is 5.76 Å². The number of oxazole rings is 1. The van der Waals surface area contributed by atoms with Crippen LogP contribution >= 0.6 is 0 Å². The molecule has 1 N–H and O–H groups in total. The summed E-state index contributed by atoms with van der Waals surface area (Å²) in [6.07, 6.45) is 0. The van der Waals surface area contributed by atoms with Gasteiger partial charge in [0, 0.05) is 32.1 Å². The molecule has 1 aliphatic rings. The van der Waals surface area contributed by atoms with Gasteiger partial charge in [0.2, 0.25) is 0 Å². The molecule has 5 nitrogen and oxygen atoms in total. The Morgan fingerprint density at radius 2 is 2.16 bits per heavy atom. The van der Waals surface area contributed by atoms with E-state index in [9.17, 15) is 4.79 Å². The number of hydrogen-bond donors (Lipinski definition) is 1. The SMILES string of the molecule is CN(C)C(c1ccc2oc(=O)n(C)c2c1)C1CNC1. The number of nitrogens with zero attached hydrogens (tertiary/aromatic N) is 2. The first-order valence-corrected chi connectivity index (χ1v) is 6.54. The largest absolute Gasteiger partial charge is 0.419 e. The zero-order valence-electron chi connectivity index (χ0n) is 11.5. The van der Waals surface area contributed by atoms with Crippen molar-refractivity contribution in [2.75, 3.05) is 27.2 Å². The zero-order valence-corrected chi connectivity index (χ0v) is 11.5. The Labute approximate surface area is 111 Å². The first kappa shape index (κ1) is 12.4. The Morgan fingerprint density at radius 3 is 2.74 bits per heavy atom. The van der Waals surface area contributed by atoms with Crippen LogP contribution in [0.5, 0.6) is 0 Å². The van der Waals surface area contributed by atoms with Crippen molar-refractivity contribution in [1.29, 1.82) is 0 Å². The van der Waals surface area contributed by atoms with Crippen LogP contribution in [0.3, 0.4) is 0 Å². The molecule has 1 aromatic carbocycles. The molecule has 102 valence electrons. The second kappa shape index (κ2) is 4.51. The predicted molar refractivity (Wildman–Crippen MR) is 74.2 cm³/mol. The number of fused-ring (bicyclic) bond motifs is 1. The van der Waals surface area contributed by atoms with Gasteiger partial charge in [0.25, 0.3) is 0 Å². The van der Waals surface area contributed by atoms with Gasteiger partial charge in [-0.05, 0) is 31.8 Å². The molecule has 19 heavy (non-hydrogen) atoms. The van der Waals surface area contributed by atoms with Crippen molar-refractivity contribution in [2.45, 2.75) is 6.04 Å². The summed E-state index contributed by atoms with van der Waals surface area (Å²) in [6, 6.07) is 6.40. The van der Waals surface area contributed by atoms with Crippen molar-refractivity contribution < 1.29 is 4.42 Å². The topological polar surface area (TPSA) is 50.4 Å². The van der Waals surface area contributed by atoms with Gasteiger partial charge in [0.1, 0.15) is 0 Å². The summed E-state index contributed by atoms with van der Waals surface area (Å²) in [5.41, 5.74) is 2.75. The Kier molecular flexibility index (Phi) is 2.95. The first-order chi connectivity index (χ1) is 9.08. The van der Waals surface area contributed by atoms with E-state index < -0.39 is 0 Å². The smallest absolute Gasteiger partial charge is 0.408 e. The fourth-order valence-electron chi connectivity index (χ4n) is 2.85. The van der Waals surface area contributed by atoms with Crippen LogP contribution in [-0.4, -0.2) is 36.7 Å². The van der Waals surface area contributed by atoms with Crippen LogP contribution in [0.1, 0.15) is 11.6 Å². The molecule has 0 bridgehead atoms. The fourth-order valence-corrected chi connectivity index (χ4v) is 2.85. The molecule has 0 spiro atoms. The van der Waals surface area contributed by atoms with Crippen LogP contribution in [0, 0.1) is 5.92 Å². The van der Waals surface area contributed by atoms with E-state index in [0.717, 1.165) is 18.6 Å². The average Bonchev–Trinajstić information content (AvgIpc) is 2.59. The monoisotopic (exact) mass is 261 g/mol. The molecule has 3 rings (SSSR count). The van der Waals surface area contributed by atoms with Gasteiger partial charge in [-0.1, -0.05) is 6.07 Å². The van der Waals surface area contributed by atoms with Gasteiger partial charge in [-0.2, -0.15) is 0 Å². The number of aryl methyl sites for hydroxylation is 1. The van der Waals surface area contributed by atoms with E-state index in [0.29, 0.717) is 17.5 Å².